The Morgan fingerprint density at radius 1 is 1.28 bits per heavy atom. The normalized spacial score (nSPS) is 13.9. The summed E-state index contributed by atoms with van der Waals surface area (Å²) in [4.78, 5) is 27.7. The number of ether oxygens (including phenoxy) is 1. The zero-order valence-electron chi connectivity index (χ0n) is 14.7. The largest absolute Gasteiger partial charge is 0.569 e. The lowest BCUT2D eigenvalue weighted by atomic mass is 10.1. The van der Waals surface area contributed by atoms with Gasteiger partial charge in [-0.25, -0.2) is 4.79 Å². The Balaban J connectivity index is 2.71. The summed E-state index contributed by atoms with van der Waals surface area (Å²) in [7, 11) is 1.28. The van der Waals surface area contributed by atoms with Crippen molar-refractivity contribution in [3.8, 4) is 0 Å². The zero-order chi connectivity index (χ0) is 19.0. The van der Waals surface area contributed by atoms with Gasteiger partial charge in [0.25, 0.3) is 6.29 Å². The molecule has 0 aliphatic rings. The second-order valence-electron chi connectivity index (χ2n) is 5.72. The number of carboxylic acids is 1. The van der Waals surface area contributed by atoms with Crippen LogP contribution in [0.25, 0.3) is 0 Å². The molecule has 0 saturated heterocycles. The molecule has 0 heterocycles. The molecule has 0 aromatic heterocycles. The summed E-state index contributed by atoms with van der Waals surface area (Å²) < 4.78 is 4.89. The van der Waals surface area contributed by atoms with Crippen molar-refractivity contribution in [2.24, 2.45) is 11.2 Å². The first kappa shape index (κ1) is 20.2. The number of carbonyl (C=O) groups excluding carboxylic acids is 1. The molecule has 1 aromatic rings. The maximum Gasteiger partial charge on any atom is 0.332 e. The second-order valence-corrected chi connectivity index (χ2v) is 5.72. The van der Waals surface area contributed by atoms with Gasteiger partial charge in [0.1, 0.15) is 0 Å². The molecule has 1 N–H and O–H groups in total. The first-order valence-corrected chi connectivity index (χ1v) is 7.76. The van der Waals surface area contributed by atoms with Crippen LogP contribution in [0.15, 0.2) is 35.6 Å². The van der Waals surface area contributed by atoms with Crippen molar-refractivity contribution in [3.63, 3.8) is 0 Å². The van der Waals surface area contributed by atoms with Gasteiger partial charge in [0, 0.05) is 13.3 Å². The van der Waals surface area contributed by atoms with Gasteiger partial charge >= 0.3 is 11.9 Å². The van der Waals surface area contributed by atoms with E-state index in [0.29, 0.717) is 0 Å². The maximum absolute atomic E-state index is 12.0. The number of benzene rings is 1. The molecule has 0 saturated carbocycles. The number of nitrogens with zero attached hydrogens (tertiary/aromatic N) is 3. The van der Waals surface area contributed by atoms with Crippen LogP contribution >= 0.6 is 0 Å². The standard InChI is InChI=1S/C16H23N3O6/c1-11(2)16(22)24-12(3)25-17-19(23)18(4)14(15(20)21)10-13-8-6-5-7-9-13/h5-9,11-12,14H,10H2,1-4H3,(H,20,21)/b19-17-/t12?,14-/m0/s1. The molecule has 0 fully saturated rings. The third-order valence-corrected chi connectivity index (χ3v) is 3.30. The van der Waals surface area contributed by atoms with Crippen LogP contribution in [0.4, 0.5) is 0 Å². The van der Waals surface area contributed by atoms with E-state index in [-0.39, 0.29) is 17.3 Å². The Labute approximate surface area is 146 Å². The van der Waals surface area contributed by atoms with Gasteiger partial charge in [-0.2, -0.15) is 0 Å². The summed E-state index contributed by atoms with van der Waals surface area (Å²) in [6, 6.07) is 7.76. The van der Waals surface area contributed by atoms with Crippen LogP contribution in [0.1, 0.15) is 26.3 Å². The van der Waals surface area contributed by atoms with Gasteiger partial charge < -0.3 is 15.1 Å². The van der Waals surface area contributed by atoms with Gasteiger partial charge in [0.2, 0.25) is 5.28 Å². The number of esters is 1. The fourth-order valence-corrected chi connectivity index (χ4v) is 1.82. The van der Waals surface area contributed by atoms with E-state index in [9.17, 15) is 19.9 Å². The number of hydrazine groups is 1. The van der Waals surface area contributed by atoms with E-state index in [0.717, 1.165) is 10.6 Å². The number of aliphatic carboxylic acids is 1. The van der Waals surface area contributed by atoms with Crippen molar-refractivity contribution in [2.45, 2.75) is 39.5 Å². The quantitative estimate of drug-likeness (QED) is 0.237. The Kier molecular flexibility index (Phi) is 7.64. The summed E-state index contributed by atoms with van der Waals surface area (Å²) in [6.07, 6.45) is -0.962. The van der Waals surface area contributed by atoms with Crippen LogP contribution in [-0.2, 0) is 25.6 Å². The SMILES string of the molecule is CC(O/N=[N+](\[O-])N(C)[C@@H](Cc1ccccc1)C(=O)O)OC(=O)C(C)C. The van der Waals surface area contributed by atoms with Crippen molar-refractivity contribution in [3.05, 3.63) is 41.1 Å². The van der Waals surface area contributed by atoms with E-state index >= 15 is 0 Å². The zero-order valence-corrected chi connectivity index (χ0v) is 14.7. The molecule has 9 heteroatoms. The minimum atomic E-state index is -1.18. The maximum atomic E-state index is 12.0. The second kappa shape index (κ2) is 9.45. The molecule has 0 amide bonds. The number of carboxylic acid groups (broad SMARTS) is 1. The summed E-state index contributed by atoms with van der Waals surface area (Å²) in [5.74, 6) is -2.03. The van der Waals surface area contributed by atoms with E-state index in [1.165, 1.54) is 14.0 Å². The third kappa shape index (κ3) is 6.66. The fraction of sp³-hybridized carbons (Fsp3) is 0.500. The summed E-state index contributed by atoms with van der Waals surface area (Å²) >= 11 is 0. The van der Waals surface area contributed by atoms with Crippen molar-refractivity contribution in [1.29, 1.82) is 0 Å². The number of carbonyl (C=O) groups is 2. The molecule has 1 aromatic carbocycles. The van der Waals surface area contributed by atoms with E-state index < -0.39 is 24.3 Å². The summed E-state index contributed by atoms with van der Waals surface area (Å²) in [5, 5.41) is 25.4. The van der Waals surface area contributed by atoms with Crippen LogP contribution in [0.3, 0.4) is 0 Å². The molecular weight excluding hydrogens is 330 g/mol. The average Bonchev–Trinajstić information content (AvgIpc) is 2.57. The molecular formula is C16H23N3O6. The lowest BCUT2D eigenvalue weighted by Gasteiger charge is -2.20. The van der Waals surface area contributed by atoms with Crippen LogP contribution in [0.2, 0.25) is 0 Å². The monoisotopic (exact) mass is 353 g/mol. The molecule has 25 heavy (non-hydrogen) atoms. The van der Waals surface area contributed by atoms with Gasteiger partial charge in [-0.05, 0) is 5.56 Å². The Morgan fingerprint density at radius 3 is 2.40 bits per heavy atom. The van der Waals surface area contributed by atoms with Crippen LogP contribution in [0, 0.1) is 11.1 Å². The van der Waals surface area contributed by atoms with Crippen molar-refractivity contribution < 1.29 is 29.2 Å². The minimum Gasteiger partial charge on any atom is -0.569 e. The smallest absolute Gasteiger partial charge is 0.332 e. The van der Waals surface area contributed by atoms with Gasteiger partial charge in [-0.15, -0.1) is 5.01 Å². The lowest BCUT2D eigenvalue weighted by molar-refractivity contribution is -0.712. The molecule has 2 atom stereocenters. The van der Waals surface area contributed by atoms with Gasteiger partial charge in [0.15, 0.2) is 6.04 Å². The number of hydrogen-bond acceptors (Lipinski definition) is 6. The molecule has 0 bridgehead atoms. The highest BCUT2D eigenvalue weighted by Gasteiger charge is 2.29. The molecule has 0 spiro atoms. The van der Waals surface area contributed by atoms with Crippen LogP contribution in [-0.4, -0.2) is 46.4 Å². The number of hydrogen-bond donors (Lipinski definition) is 1. The predicted molar refractivity (Wildman–Crippen MR) is 86.9 cm³/mol. The van der Waals surface area contributed by atoms with E-state index in [4.69, 9.17) is 9.57 Å². The van der Waals surface area contributed by atoms with Crippen LogP contribution < -0.4 is 0 Å². The average molecular weight is 353 g/mol. The first-order chi connectivity index (χ1) is 11.7. The predicted octanol–water partition coefficient (Wildman–Crippen LogP) is 1.97. The highest BCUT2D eigenvalue weighted by atomic mass is 16.8. The molecule has 0 radical (unpaired) electrons. The van der Waals surface area contributed by atoms with Crippen molar-refractivity contribution in [1.82, 2.24) is 5.01 Å². The molecule has 1 unspecified atom stereocenters. The molecule has 9 nitrogen and oxygen atoms in total. The molecule has 1 rings (SSSR count). The van der Waals surface area contributed by atoms with Crippen LogP contribution in [0.5, 0.6) is 0 Å². The lowest BCUT2D eigenvalue weighted by Crippen LogP contribution is -2.44. The van der Waals surface area contributed by atoms with Gasteiger partial charge in [0.05, 0.1) is 17.9 Å². The van der Waals surface area contributed by atoms with Crippen molar-refractivity contribution in [2.75, 3.05) is 7.05 Å². The molecule has 0 aliphatic carbocycles. The highest BCUT2D eigenvalue weighted by Crippen LogP contribution is 2.09. The van der Waals surface area contributed by atoms with E-state index in [1.807, 2.05) is 6.07 Å². The van der Waals surface area contributed by atoms with Gasteiger partial charge in [-0.1, -0.05) is 44.2 Å². The summed E-state index contributed by atoms with van der Waals surface area (Å²) in [6.45, 7) is 4.71. The Hall–Kier alpha value is -2.84. The topological polar surface area (TPSA) is 114 Å². The Bertz CT molecular complexity index is 605. The fourth-order valence-electron chi connectivity index (χ4n) is 1.82. The number of likely N-dealkylation sites (N-methyl/N-ethyl adjacent to an activating group) is 1. The van der Waals surface area contributed by atoms with E-state index in [1.54, 1.807) is 38.1 Å². The molecule has 0 aliphatic heterocycles. The number of rotatable bonds is 9. The minimum absolute atomic E-state index is 0.0153. The highest BCUT2D eigenvalue weighted by molar-refractivity contribution is 5.73. The Morgan fingerprint density at radius 2 is 1.88 bits per heavy atom. The third-order valence-electron chi connectivity index (χ3n) is 3.30. The molecule has 138 valence electrons. The first-order valence-electron chi connectivity index (χ1n) is 7.76. The van der Waals surface area contributed by atoms with E-state index in [2.05, 4.69) is 5.28 Å². The van der Waals surface area contributed by atoms with Gasteiger partial charge in [-0.3, -0.25) is 9.63 Å². The van der Waals surface area contributed by atoms with Crippen molar-refractivity contribution >= 4 is 11.9 Å². The summed E-state index contributed by atoms with van der Waals surface area (Å²) in [5.41, 5.74) is 0.760.